The number of nitrogens with zero attached hydrogens (tertiary/aromatic N) is 1. The van der Waals surface area contributed by atoms with Crippen LogP contribution in [0.3, 0.4) is 0 Å². The fourth-order valence-corrected chi connectivity index (χ4v) is 1.74. The lowest BCUT2D eigenvalue weighted by atomic mass is 9.96. The van der Waals surface area contributed by atoms with Crippen molar-refractivity contribution in [2.45, 2.75) is 18.9 Å². The molecule has 0 aromatic heterocycles. The number of hydrogen-bond acceptors (Lipinski definition) is 3. The van der Waals surface area contributed by atoms with Gasteiger partial charge in [-0.3, -0.25) is 0 Å². The summed E-state index contributed by atoms with van der Waals surface area (Å²) in [5, 5.41) is 13.3. The molecule has 1 aliphatic heterocycles. The zero-order valence-electron chi connectivity index (χ0n) is 8.61. The van der Waals surface area contributed by atoms with E-state index in [4.69, 9.17) is 21.5 Å². The quantitative estimate of drug-likeness (QED) is 0.862. The van der Waals surface area contributed by atoms with Crippen LogP contribution in [-0.2, 0) is 9.63 Å². The Labute approximate surface area is 97.5 Å². The molecule has 1 aromatic rings. The van der Waals surface area contributed by atoms with Crippen molar-refractivity contribution < 1.29 is 14.7 Å². The molecule has 1 N–H and O–H groups in total. The third-order valence-electron chi connectivity index (χ3n) is 2.50. The summed E-state index contributed by atoms with van der Waals surface area (Å²) in [6.45, 7) is 1.49. The lowest BCUT2D eigenvalue weighted by Crippen LogP contribution is -2.35. The van der Waals surface area contributed by atoms with Crippen molar-refractivity contribution >= 4 is 23.3 Å². The standard InChI is InChI=1S/C11H10ClNO3/c1-11(10(14)15)6-9(13-16-11)7-4-2-3-5-8(7)12/h2-5H,6H2,1H3,(H,14,15)/t11-/m0/s1. The Kier molecular flexibility index (Phi) is 2.59. The molecule has 1 heterocycles. The largest absolute Gasteiger partial charge is 0.478 e. The van der Waals surface area contributed by atoms with Gasteiger partial charge in [-0.05, 0) is 13.0 Å². The van der Waals surface area contributed by atoms with Crippen LogP contribution in [0.2, 0.25) is 5.02 Å². The van der Waals surface area contributed by atoms with Crippen LogP contribution in [0.25, 0.3) is 0 Å². The number of halogens is 1. The number of benzene rings is 1. The molecule has 0 fully saturated rings. The number of aliphatic carboxylic acids is 1. The Bertz CT molecular complexity index is 472. The first-order valence-corrected chi connectivity index (χ1v) is 5.14. The van der Waals surface area contributed by atoms with Gasteiger partial charge in [0, 0.05) is 17.0 Å². The minimum absolute atomic E-state index is 0.214. The third kappa shape index (κ3) is 1.76. The molecule has 0 aliphatic carbocycles. The molecule has 5 heteroatoms. The van der Waals surface area contributed by atoms with Gasteiger partial charge in [0.05, 0.1) is 5.71 Å². The van der Waals surface area contributed by atoms with Gasteiger partial charge in [0.25, 0.3) is 0 Å². The molecule has 0 amide bonds. The van der Waals surface area contributed by atoms with Crippen molar-refractivity contribution in [2.24, 2.45) is 5.16 Å². The van der Waals surface area contributed by atoms with Crippen LogP contribution >= 0.6 is 11.6 Å². The smallest absolute Gasteiger partial charge is 0.351 e. The van der Waals surface area contributed by atoms with E-state index in [0.29, 0.717) is 16.3 Å². The van der Waals surface area contributed by atoms with Crippen LogP contribution in [-0.4, -0.2) is 22.4 Å². The van der Waals surface area contributed by atoms with Crippen LogP contribution in [0.15, 0.2) is 29.4 Å². The van der Waals surface area contributed by atoms with Gasteiger partial charge in [-0.2, -0.15) is 0 Å². The molecule has 0 saturated heterocycles. The van der Waals surface area contributed by atoms with E-state index in [1.54, 1.807) is 18.2 Å². The summed E-state index contributed by atoms with van der Waals surface area (Å²) in [5.41, 5.74) is -0.00115. The highest BCUT2D eigenvalue weighted by atomic mass is 35.5. The lowest BCUT2D eigenvalue weighted by Gasteiger charge is -2.14. The highest BCUT2D eigenvalue weighted by Gasteiger charge is 2.42. The first kappa shape index (κ1) is 11.0. The van der Waals surface area contributed by atoms with Crippen LogP contribution in [0.4, 0.5) is 0 Å². The minimum atomic E-state index is -1.28. The van der Waals surface area contributed by atoms with Crippen molar-refractivity contribution in [1.29, 1.82) is 0 Å². The first-order valence-electron chi connectivity index (χ1n) is 4.76. The predicted octanol–water partition coefficient (Wildman–Crippen LogP) is 2.31. The predicted molar refractivity (Wildman–Crippen MR) is 59.7 cm³/mol. The van der Waals surface area contributed by atoms with Gasteiger partial charge in [-0.15, -0.1) is 0 Å². The molecule has 1 aliphatic rings. The second-order valence-electron chi connectivity index (χ2n) is 3.82. The number of hydrogen-bond donors (Lipinski definition) is 1. The SMILES string of the molecule is C[C@@]1(C(=O)O)CC(c2ccccc2Cl)=NO1. The van der Waals surface area contributed by atoms with Gasteiger partial charge in [0.15, 0.2) is 0 Å². The van der Waals surface area contributed by atoms with Gasteiger partial charge in [-0.1, -0.05) is 35.0 Å². The zero-order chi connectivity index (χ0) is 11.8. The topological polar surface area (TPSA) is 58.9 Å². The summed E-state index contributed by atoms with van der Waals surface area (Å²) in [4.78, 5) is 15.9. The average molecular weight is 240 g/mol. The van der Waals surface area contributed by atoms with Crippen LogP contribution in [0, 0.1) is 0 Å². The summed E-state index contributed by atoms with van der Waals surface area (Å²) in [6.07, 6.45) is 0.214. The Hall–Kier alpha value is -1.55. The monoisotopic (exact) mass is 239 g/mol. The second-order valence-corrected chi connectivity index (χ2v) is 4.23. The highest BCUT2D eigenvalue weighted by Crippen LogP contribution is 2.29. The Morgan fingerprint density at radius 1 is 1.56 bits per heavy atom. The molecule has 1 atom stereocenters. The summed E-state index contributed by atoms with van der Waals surface area (Å²) in [5.74, 6) is -1.03. The normalized spacial score (nSPS) is 23.8. The summed E-state index contributed by atoms with van der Waals surface area (Å²) in [7, 11) is 0. The van der Waals surface area contributed by atoms with E-state index in [2.05, 4.69) is 5.16 Å². The highest BCUT2D eigenvalue weighted by molar-refractivity contribution is 6.34. The van der Waals surface area contributed by atoms with E-state index in [0.717, 1.165) is 0 Å². The van der Waals surface area contributed by atoms with Gasteiger partial charge < -0.3 is 9.94 Å². The van der Waals surface area contributed by atoms with Crippen molar-refractivity contribution in [2.75, 3.05) is 0 Å². The zero-order valence-corrected chi connectivity index (χ0v) is 9.36. The summed E-state index contributed by atoms with van der Waals surface area (Å²) < 4.78 is 0. The molecule has 0 saturated carbocycles. The maximum absolute atomic E-state index is 11.0. The van der Waals surface area contributed by atoms with E-state index in [1.807, 2.05) is 6.07 Å². The molecular weight excluding hydrogens is 230 g/mol. The van der Waals surface area contributed by atoms with Crippen LogP contribution in [0.1, 0.15) is 18.9 Å². The maximum Gasteiger partial charge on any atom is 0.351 e. The number of rotatable bonds is 2. The first-order chi connectivity index (χ1) is 7.53. The van der Waals surface area contributed by atoms with E-state index in [9.17, 15) is 4.79 Å². The number of carboxylic acids is 1. The molecule has 0 spiro atoms. The van der Waals surface area contributed by atoms with Gasteiger partial charge in [-0.25, -0.2) is 4.79 Å². The molecular formula is C11H10ClNO3. The lowest BCUT2D eigenvalue weighted by molar-refractivity contribution is -0.160. The summed E-state index contributed by atoms with van der Waals surface area (Å²) >= 11 is 5.99. The van der Waals surface area contributed by atoms with Crippen molar-refractivity contribution in [3.05, 3.63) is 34.9 Å². The van der Waals surface area contributed by atoms with Crippen LogP contribution in [0.5, 0.6) is 0 Å². The van der Waals surface area contributed by atoms with E-state index in [-0.39, 0.29) is 6.42 Å². The molecule has 0 bridgehead atoms. The number of carbonyl (C=O) groups is 1. The van der Waals surface area contributed by atoms with E-state index < -0.39 is 11.6 Å². The average Bonchev–Trinajstić information content (AvgIpc) is 2.63. The Morgan fingerprint density at radius 3 is 2.81 bits per heavy atom. The number of carboxylic acid groups (broad SMARTS) is 1. The molecule has 84 valence electrons. The van der Waals surface area contributed by atoms with Gasteiger partial charge in [0.2, 0.25) is 5.60 Å². The maximum atomic E-state index is 11.0. The molecule has 1 aromatic carbocycles. The Balaban J connectivity index is 2.28. The third-order valence-corrected chi connectivity index (χ3v) is 2.83. The van der Waals surface area contributed by atoms with E-state index in [1.165, 1.54) is 6.92 Å². The van der Waals surface area contributed by atoms with Gasteiger partial charge >= 0.3 is 5.97 Å². The van der Waals surface area contributed by atoms with Crippen LogP contribution < -0.4 is 0 Å². The van der Waals surface area contributed by atoms with Crippen molar-refractivity contribution in [3.63, 3.8) is 0 Å². The number of oxime groups is 1. The van der Waals surface area contributed by atoms with Crippen molar-refractivity contribution in [3.8, 4) is 0 Å². The Morgan fingerprint density at radius 2 is 2.25 bits per heavy atom. The molecule has 0 unspecified atom stereocenters. The molecule has 2 rings (SSSR count). The molecule has 16 heavy (non-hydrogen) atoms. The molecule has 0 radical (unpaired) electrons. The van der Waals surface area contributed by atoms with Gasteiger partial charge in [0.1, 0.15) is 0 Å². The second kappa shape index (κ2) is 3.79. The van der Waals surface area contributed by atoms with Crippen molar-refractivity contribution in [1.82, 2.24) is 0 Å². The van der Waals surface area contributed by atoms with E-state index >= 15 is 0 Å². The minimum Gasteiger partial charge on any atom is -0.478 e. The summed E-state index contributed by atoms with van der Waals surface area (Å²) in [6, 6.07) is 7.15. The molecule has 4 nitrogen and oxygen atoms in total. The fourth-order valence-electron chi connectivity index (χ4n) is 1.49. The fraction of sp³-hybridized carbons (Fsp3) is 0.273.